The number of benzene rings is 2. The molecular weight excluding hydrogens is 367 g/mol. The van der Waals surface area contributed by atoms with E-state index in [1.807, 2.05) is 30.3 Å². The van der Waals surface area contributed by atoms with Gasteiger partial charge in [0, 0.05) is 11.3 Å². The lowest BCUT2D eigenvalue weighted by Gasteiger charge is -2.12. The monoisotopic (exact) mass is 379 g/mol. The van der Waals surface area contributed by atoms with Gasteiger partial charge in [-0.25, -0.2) is 4.98 Å². The Kier molecular flexibility index (Phi) is 4.81. The summed E-state index contributed by atoms with van der Waals surface area (Å²) >= 11 is 1.20. The molecule has 1 aromatic heterocycles. The van der Waals surface area contributed by atoms with Gasteiger partial charge in [0.25, 0.3) is 5.91 Å². The molecule has 0 radical (unpaired) electrons. The molecule has 3 aromatic rings. The summed E-state index contributed by atoms with van der Waals surface area (Å²) in [5.41, 5.74) is 6.43. The molecule has 5 nitrogen and oxygen atoms in total. The lowest BCUT2D eigenvalue weighted by atomic mass is 10.2. The highest BCUT2D eigenvalue weighted by atomic mass is 32.1. The van der Waals surface area contributed by atoms with Crippen molar-refractivity contribution in [3.8, 4) is 16.3 Å². The number of hydrogen-bond donors (Lipinski definition) is 2. The number of nitrogens with two attached hydrogens (primary N) is 1. The van der Waals surface area contributed by atoms with Gasteiger partial charge in [-0.05, 0) is 18.2 Å². The molecule has 0 saturated carbocycles. The molecule has 1 heterocycles. The molecule has 3 N–H and O–H groups in total. The Morgan fingerprint density at radius 2 is 1.88 bits per heavy atom. The van der Waals surface area contributed by atoms with Gasteiger partial charge in [0.2, 0.25) is 0 Å². The number of carbonyl (C=O) groups excluding carboxylic acids is 1. The number of hydrogen-bond acceptors (Lipinski definition) is 5. The number of halogens is 3. The van der Waals surface area contributed by atoms with Crippen molar-refractivity contribution in [2.45, 2.75) is 6.36 Å². The molecule has 0 unspecified atom stereocenters. The third kappa shape index (κ3) is 4.31. The van der Waals surface area contributed by atoms with Crippen LogP contribution in [0.25, 0.3) is 10.6 Å². The van der Waals surface area contributed by atoms with Gasteiger partial charge in [-0.2, -0.15) is 0 Å². The van der Waals surface area contributed by atoms with Crippen molar-refractivity contribution in [1.29, 1.82) is 0 Å². The number of nitrogen functional groups attached to an aromatic ring is 1. The number of nitrogens with zero attached hydrogens (tertiary/aromatic N) is 1. The first kappa shape index (κ1) is 17.7. The normalized spacial score (nSPS) is 11.2. The number of carbonyl (C=O) groups is 1. The molecule has 0 aliphatic carbocycles. The number of anilines is 2. The second-order valence-corrected chi connectivity index (χ2v) is 6.18. The van der Waals surface area contributed by atoms with Crippen LogP contribution in [0.3, 0.4) is 0 Å². The highest BCUT2D eigenvalue weighted by Gasteiger charge is 2.32. The molecule has 2 aromatic carbocycles. The minimum atomic E-state index is -4.84. The zero-order chi connectivity index (χ0) is 18.7. The van der Waals surface area contributed by atoms with Crippen molar-refractivity contribution in [1.82, 2.24) is 4.98 Å². The molecule has 0 aliphatic heterocycles. The Balaban J connectivity index is 1.72. The highest BCUT2D eigenvalue weighted by Crippen LogP contribution is 2.31. The molecule has 0 aliphatic rings. The summed E-state index contributed by atoms with van der Waals surface area (Å²) in [6.45, 7) is 0. The molecule has 1 amide bonds. The summed E-state index contributed by atoms with van der Waals surface area (Å²) in [5, 5.41) is 3.25. The van der Waals surface area contributed by atoms with E-state index in [2.05, 4.69) is 15.0 Å². The van der Waals surface area contributed by atoms with Crippen molar-refractivity contribution in [2.24, 2.45) is 0 Å². The molecular formula is C17H12F3N3O2S. The summed E-state index contributed by atoms with van der Waals surface area (Å²) in [6, 6.07) is 12.9. The first-order valence-electron chi connectivity index (χ1n) is 7.30. The number of thiazole rings is 1. The van der Waals surface area contributed by atoms with Crippen LogP contribution in [0.15, 0.2) is 54.7 Å². The minimum Gasteiger partial charge on any atom is -0.404 e. The lowest BCUT2D eigenvalue weighted by Crippen LogP contribution is -2.18. The molecule has 0 spiro atoms. The maximum absolute atomic E-state index is 12.3. The second-order valence-electron chi connectivity index (χ2n) is 5.15. The standard InChI is InChI=1S/C17H12F3N3O2S/c18-17(19,20)25-13-7-6-11(8-12(13)21)23-15(24)14-9-22-16(26-14)10-4-2-1-3-5-10/h1-9H,21H2,(H,23,24). The smallest absolute Gasteiger partial charge is 0.404 e. The molecule has 0 atom stereocenters. The van der Waals surface area contributed by atoms with E-state index in [4.69, 9.17) is 5.73 Å². The Hall–Kier alpha value is -3.07. The Morgan fingerprint density at radius 3 is 2.54 bits per heavy atom. The van der Waals surface area contributed by atoms with E-state index in [1.165, 1.54) is 29.7 Å². The number of alkyl halides is 3. The predicted molar refractivity (Wildman–Crippen MR) is 93.0 cm³/mol. The molecule has 9 heteroatoms. The van der Waals surface area contributed by atoms with Crippen LogP contribution in [-0.4, -0.2) is 17.3 Å². The highest BCUT2D eigenvalue weighted by molar-refractivity contribution is 7.17. The van der Waals surface area contributed by atoms with Crippen LogP contribution in [0.1, 0.15) is 9.67 Å². The second kappa shape index (κ2) is 7.04. The van der Waals surface area contributed by atoms with Gasteiger partial charge >= 0.3 is 6.36 Å². The largest absolute Gasteiger partial charge is 0.573 e. The third-order valence-corrected chi connectivity index (χ3v) is 4.29. The van der Waals surface area contributed by atoms with Crippen LogP contribution in [0.5, 0.6) is 5.75 Å². The topological polar surface area (TPSA) is 77.2 Å². The van der Waals surface area contributed by atoms with Gasteiger partial charge in [0.15, 0.2) is 5.75 Å². The Bertz CT molecular complexity index is 927. The van der Waals surface area contributed by atoms with Gasteiger partial charge < -0.3 is 15.8 Å². The molecule has 26 heavy (non-hydrogen) atoms. The number of nitrogens with one attached hydrogen (secondary N) is 1. The number of amides is 1. The van der Waals surface area contributed by atoms with Crippen molar-refractivity contribution in [3.63, 3.8) is 0 Å². The number of rotatable bonds is 4. The van der Waals surface area contributed by atoms with Crippen LogP contribution >= 0.6 is 11.3 Å². The average molecular weight is 379 g/mol. The van der Waals surface area contributed by atoms with Gasteiger partial charge in [-0.15, -0.1) is 24.5 Å². The first-order valence-corrected chi connectivity index (χ1v) is 8.11. The van der Waals surface area contributed by atoms with Gasteiger partial charge in [0.1, 0.15) is 9.88 Å². The predicted octanol–water partition coefficient (Wildman–Crippen LogP) is 4.54. The molecule has 134 valence electrons. The first-order chi connectivity index (χ1) is 12.3. The van der Waals surface area contributed by atoms with Crippen molar-refractivity contribution in [3.05, 3.63) is 59.6 Å². The van der Waals surface area contributed by atoms with E-state index in [-0.39, 0.29) is 11.4 Å². The third-order valence-electron chi connectivity index (χ3n) is 3.24. The van der Waals surface area contributed by atoms with Crippen LogP contribution in [0, 0.1) is 0 Å². The van der Waals surface area contributed by atoms with E-state index < -0.39 is 18.0 Å². The summed E-state index contributed by atoms with van der Waals surface area (Å²) in [4.78, 5) is 16.9. The van der Waals surface area contributed by atoms with E-state index in [9.17, 15) is 18.0 Å². The maximum Gasteiger partial charge on any atom is 0.573 e. The summed E-state index contributed by atoms with van der Waals surface area (Å²) in [7, 11) is 0. The van der Waals surface area contributed by atoms with Gasteiger partial charge in [-0.1, -0.05) is 30.3 Å². The molecule has 0 saturated heterocycles. The zero-order valence-corrected chi connectivity index (χ0v) is 13.9. The van der Waals surface area contributed by atoms with E-state index in [0.29, 0.717) is 9.88 Å². The molecule has 0 bridgehead atoms. The molecule has 3 rings (SSSR count). The van der Waals surface area contributed by atoms with E-state index >= 15 is 0 Å². The lowest BCUT2D eigenvalue weighted by molar-refractivity contribution is -0.274. The summed E-state index contributed by atoms with van der Waals surface area (Å²) in [5.74, 6) is -0.965. The van der Waals surface area contributed by atoms with Crippen molar-refractivity contribution < 1.29 is 22.7 Å². The number of aromatic nitrogens is 1. The fraction of sp³-hybridized carbons (Fsp3) is 0.0588. The quantitative estimate of drug-likeness (QED) is 0.653. The Morgan fingerprint density at radius 1 is 1.15 bits per heavy atom. The SMILES string of the molecule is Nc1cc(NC(=O)c2cnc(-c3ccccc3)s2)ccc1OC(F)(F)F. The van der Waals surface area contributed by atoms with Crippen LogP contribution in [0.2, 0.25) is 0 Å². The number of ether oxygens (including phenoxy) is 1. The van der Waals surface area contributed by atoms with Gasteiger partial charge in [0.05, 0.1) is 11.9 Å². The van der Waals surface area contributed by atoms with Crippen LogP contribution in [0.4, 0.5) is 24.5 Å². The van der Waals surface area contributed by atoms with E-state index in [1.54, 1.807) is 0 Å². The minimum absolute atomic E-state index is 0.241. The average Bonchev–Trinajstić information content (AvgIpc) is 3.07. The fourth-order valence-corrected chi connectivity index (χ4v) is 2.95. The fourth-order valence-electron chi connectivity index (χ4n) is 2.13. The molecule has 0 fully saturated rings. The Labute approximate surface area is 150 Å². The van der Waals surface area contributed by atoms with Crippen molar-refractivity contribution in [2.75, 3.05) is 11.1 Å². The van der Waals surface area contributed by atoms with E-state index in [0.717, 1.165) is 11.6 Å². The summed E-state index contributed by atoms with van der Waals surface area (Å²) in [6.07, 6.45) is -3.40. The van der Waals surface area contributed by atoms with Crippen LogP contribution < -0.4 is 15.8 Å². The zero-order valence-electron chi connectivity index (χ0n) is 13.1. The van der Waals surface area contributed by atoms with Crippen molar-refractivity contribution >= 4 is 28.6 Å². The summed E-state index contributed by atoms with van der Waals surface area (Å²) < 4.78 is 40.5. The maximum atomic E-state index is 12.3. The van der Waals surface area contributed by atoms with Crippen LogP contribution in [-0.2, 0) is 0 Å². The van der Waals surface area contributed by atoms with Gasteiger partial charge in [-0.3, -0.25) is 4.79 Å².